The van der Waals surface area contributed by atoms with Crippen molar-refractivity contribution in [2.75, 3.05) is 0 Å². The van der Waals surface area contributed by atoms with Gasteiger partial charge in [0.25, 0.3) is 0 Å². The van der Waals surface area contributed by atoms with Crippen LogP contribution in [0, 0.1) is 5.92 Å². The zero-order valence-electron chi connectivity index (χ0n) is 6.55. The van der Waals surface area contributed by atoms with E-state index in [4.69, 9.17) is 5.11 Å². The second kappa shape index (κ2) is 2.39. The molecule has 5 heteroatoms. The van der Waals surface area contributed by atoms with Crippen LogP contribution in [0.3, 0.4) is 0 Å². The summed E-state index contributed by atoms with van der Waals surface area (Å²) < 4.78 is 25.5. The lowest BCUT2D eigenvalue weighted by molar-refractivity contribution is -0.209. The quantitative estimate of drug-likeness (QED) is 0.677. The van der Waals surface area contributed by atoms with E-state index in [0.717, 1.165) is 6.92 Å². The summed E-state index contributed by atoms with van der Waals surface area (Å²) in [6.07, 6.45) is 0.936. The summed E-state index contributed by atoms with van der Waals surface area (Å²) in [4.78, 5) is 10.1. The van der Waals surface area contributed by atoms with Gasteiger partial charge in [-0.05, 0) is 25.7 Å². The minimum absolute atomic E-state index is 0.468. The van der Waals surface area contributed by atoms with Gasteiger partial charge in [-0.15, -0.1) is 0 Å². The average molecular weight is 180 g/mol. The molecule has 0 spiro atoms. The van der Waals surface area contributed by atoms with Crippen LogP contribution in [-0.4, -0.2) is 27.7 Å². The van der Waals surface area contributed by atoms with E-state index in [1.54, 1.807) is 0 Å². The molecular formula is C7H10F2O3. The first-order valence-corrected chi connectivity index (χ1v) is 3.63. The maximum absolute atomic E-state index is 12.8. The standard InChI is InChI=1S/C7H10F2O3/c1-6(12,4-2-3-4)7(8,9)5(10)11/h4,12H,2-3H2,1H3,(H,10,11). The smallest absolute Gasteiger partial charge is 0.377 e. The number of carboxylic acid groups (broad SMARTS) is 1. The molecule has 0 heterocycles. The highest BCUT2D eigenvalue weighted by Gasteiger charge is 2.62. The van der Waals surface area contributed by atoms with Gasteiger partial charge in [0.05, 0.1) is 0 Å². The molecule has 1 atom stereocenters. The monoisotopic (exact) mass is 180 g/mol. The molecular weight excluding hydrogens is 170 g/mol. The summed E-state index contributed by atoms with van der Waals surface area (Å²) in [6, 6.07) is 0. The van der Waals surface area contributed by atoms with E-state index in [0.29, 0.717) is 12.8 Å². The van der Waals surface area contributed by atoms with E-state index >= 15 is 0 Å². The Bertz CT molecular complexity index is 209. The van der Waals surface area contributed by atoms with Crippen molar-refractivity contribution in [3.63, 3.8) is 0 Å². The molecule has 0 aromatic heterocycles. The minimum atomic E-state index is -4.05. The van der Waals surface area contributed by atoms with Crippen LogP contribution in [0.5, 0.6) is 0 Å². The lowest BCUT2D eigenvalue weighted by Crippen LogP contribution is -2.52. The highest BCUT2D eigenvalue weighted by atomic mass is 19.3. The van der Waals surface area contributed by atoms with Gasteiger partial charge in [-0.25, -0.2) is 4.79 Å². The van der Waals surface area contributed by atoms with Gasteiger partial charge < -0.3 is 10.2 Å². The number of hydrogen-bond acceptors (Lipinski definition) is 2. The van der Waals surface area contributed by atoms with Crippen molar-refractivity contribution in [2.24, 2.45) is 5.92 Å². The van der Waals surface area contributed by atoms with Crippen molar-refractivity contribution in [1.29, 1.82) is 0 Å². The summed E-state index contributed by atoms with van der Waals surface area (Å²) in [6.45, 7) is 0.874. The molecule has 1 aliphatic rings. The van der Waals surface area contributed by atoms with Gasteiger partial charge in [0.2, 0.25) is 0 Å². The average Bonchev–Trinajstić information content (AvgIpc) is 2.66. The number of hydrogen-bond donors (Lipinski definition) is 2. The Morgan fingerprint density at radius 2 is 1.92 bits per heavy atom. The highest BCUT2D eigenvalue weighted by Crippen LogP contribution is 2.47. The summed E-state index contributed by atoms with van der Waals surface area (Å²) in [5, 5.41) is 17.4. The lowest BCUT2D eigenvalue weighted by Gasteiger charge is -2.29. The van der Waals surface area contributed by atoms with Crippen molar-refractivity contribution < 1.29 is 23.8 Å². The third-order valence-corrected chi connectivity index (χ3v) is 2.28. The molecule has 1 unspecified atom stereocenters. The van der Waals surface area contributed by atoms with E-state index in [1.807, 2.05) is 0 Å². The zero-order valence-corrected chi connectivity index (χ0v) is 6.55. The predicted molar refractivity (Wildman–Crippen MR) is 35.9 cm³/mol. The second-order valence-electron chi connectivity index (χ2n) is 3.30. The SMILES string of the molecule is CC(O)(C1CC1)C(F)(F)C(=O)O. The van der Waals surface area contributed by atoms with E-state index in [2.05, 4.69) is 0 Å². The molecule has 0 amide bonds. The maximum atomic E-state index is 12.8. The normalized spacial score (nSPS) is 23.3. The van der Waals surface area contributed by atoms with Gasteiger partial charge >= 0.3 is 11.9 Å². The largest absolute Gasteiger partial charge is 0.477 e. The number of halogens is 2. The third-order valence-electron chi connectivity index (χ3n) is 2.28. The number of rotatable bonds is 3. The molecule has 0 radical (unpaired) electrons. The number of carboxylic acids is 1. The van der Waals surface area contributed by atoms with Crippen LogP contribution in [0.2, 0.25) is 0 Å². The lowest BCUT2D eigenvalue weighted by atomic mass is 9.92. The van der Waals surface area contributed by atoms with Crippen molar-refractivity contribution in [2.45, 2.75) is 31.3 Å². The number of aliphatic hydroxyl groups is 1. The Balaban J connectivity index is 2.84. The van der Waals surface area contributed by atoms with Gasteiger partial charge in [0.15, 0.2) is 0 Å². The number of aliphatic carboxylic acids is 1. The van der Waals surface area contributed by atoms with Gasteiger partial charge in [0, 0.05) is 0 Å². The Labute approximate surface area is 68.0 Å². The number of alkyl halides is 2. The zero-order chi connectivity index (χ0) is 9.57. The van der Waals surface area contributed by atoms with Crippen LogP contribution in [0.1, 0.15) is 19.8 Å². The Hall–Kier alpha value is -0.710. The maximum Gasteiger partial charge on any atom is 0.377 e. The van der Waals surface area contributed by atoms with Crippen molar-refractivity contribution in [3.8, 4) is 0 Å². The van der Waals surface area contributed by atoms with Crippen molar-refractivity contribution in [3.05, 3.63) is 0 Å². The van der Waals surface area contributed by atoms with Crippen molar-refractivity contribution >= 4 is 5.97 Å². The first-order valence-electron chi connectivity index (χ1n) is 3.63. The van der Waals surface area contributed by atoms with Gasteiger partial charge in [0.1, 0.15) is 5.60 Å². The summed E-state index contributed by atoms with van der Waals surface area (Å²) >= 11 is 0. The molecule has 0 aliphatic heterocycles. The predicted octanol–water partition coefficient (Wildman–Crippen LogP) is 0.867. The van der Waals surface area contributed by atoms with E-state index in [1.165, 1.54) is 0 Å². The summed E-state index contributed by atoms with van der Waals surface area (Å²) in [7, 11) is 0. The second-order valence-corrected chi connectivity index (χ2v) is 3.30. The first kappa shape index (κ1) is 9.38. The van der Waals surface area contributed by atoms with E-state index in [9.17, 15) is 18.7 Å². The molecule has 1 aliphatic carbocycles. The van der Waals surface area contributed by atoms with Crippen molar-refractivity contribution in [1.82, 2.24) is 0 Å². The van der Waals surface area contributed by atoms with E-state index < -0.39 is 23.4 Å². The molecule has 0 aromatic rings. The molecule has 0 aromatic carbocycles. The topological polar surface area (TPSA) is 57.5 Å². The van der Waals surface area contributed by atoms with Crippen LogP contribution in [0.15, 0.2) is 0 Å². The number of carbonyl (C=O) groups is 1. The molecule has 3 nitrogen and oxygen atoms in total. The summed E-state index contributed by atoms with van der Waals surface area (Å²) in [5.74, 6) is -6.89. The first-order chi connectivity index (χ1) is 5.30. The highest BCUT2D eigenvalue weighted by molar-refractivity contribution is 5.77. The van der Waals surface area contributed by atoms with Gasteiger partial charge in [-0.3, -0.25) is 0 Å². The van der Waals surface area contributed by atoms with Crippen LogP contribution in [0.25, 0.3) is 0 Å². The van der Waals surface area contributed by atoms with Crippen LogP contribution >= 0.6 is 0 Å². The fraction of sp³-hybridized carbons (Fsp3) is 0.857. The fourth-order valence-corrected chi connectivity index (χ4v) is 1.12. The molecule has 0 saturated heterocycles. The molecule has 1 rings (SSSR count). The Morgan fingerprint density at radius 1 is 1.50 bits per heavy atom. The molecule has 1 fully saturated rings. The van der Waals surface area contributed by atoms with Crippen LogP contribution in [0.4, 0.5) is 8.78 Å². The molecule has 70 valence electrons. The Kier molecular flexibility index (Phi) is 1.87. The molecule has 12 heavy (non-hydrogen) atoms. The van der Waals surface area contributed by atoms with Gasteiger partial charge in [-0.1, -0.05) is 0 Å². The minimum Gasteiger partial charge on any atom is -0.477 e. The summed E-state index contributed by atoms with van der Waals surface area (Å²) in [5.41, 5.74) is -2.40. The fourth-order valence-electron chi connectivity index (χ4n) is 1.12. The molecule has 1 saturated carbocycles. The third kappa shape index (κ3) is 1.18. The Morgan fingerprint density at radius 3 is 2.17 bits per heavy atom. The molecule has 2 N–H and O–H groups in total. The molecule has 0 bridgehead atoms. The van der Waals surface area contributed by atoms with Gasteiger partial charge in [-0.2, -0.15) is 8.78 Å². The van der Waals surface area contributed by atoms with E-state index in [-0.39, 0.29) is 0 Å². The van der Waals surface area contributed by atoms with Crippen LogP contribution in [-0.2, 0) is 4.79 Å². The van der Waals surface area contributed by atoms with Crippen LogP contribution < -0.4 is 0 Å².